The van der Waals surface area contributed by atoms with Crippen LogP contribution in [-0.4, -0.2) is 26.0 Å². The van der Waals surface area contributed by atoms with E-state index in [0.29, 0.717) is 17.0 Å². The molecule has 0 saturated carbocycles. The predicted molar refractivity (Wildman–Crippen MR) is 100 cm³/mol. The highest BCUT2D eigenvalue weighted by molar-refractivity contribution is 6.18. The van der Waals surface area contributed by atoms with Crippen molar-refractivity contribution >= 4 is 23.3 Å². The molecular formula is C21H18N2O4. The van der Waals surface area contributed by atoms with Crippen LogP contribution in [0.15, 0.2) is 72.2 Å². The Morgan fingerprint density at radius 1 is 1.11 bits per heavy atom. The van der Waals surface area contributed by atoms with Crippen molar-refractivity contribution in [2.75, 3.05) is 19.1 Å². The summed E-state index contributed by atoms with van der Waals surface area (Å²) in [5, 5.41) is 0. The fourth-order valence-corrected chi connectivity index (χ4v) is 3.76. The summed E-state index contributed by atoms with van der Waals surface area (Å²) in [5.41, 5.74) is 6.41. The average Bonchev–Trinajstić information content (AvgIpc) is 2.90. The van der Waals surface area contributed by atoms with Gasteiger partial charge in [0.25, 0.3) is 11.9 Å². The van der Waals surface area contributed by atoms with Crippen LogP contribution < -0.4 is 10.6 Å². The van der Waals surface area contributed by atoms with E-state index >= 15 is 0 Å². The maximum atomic E-state index is 13.4. The molecule has 2 aromatic carbocycles. The molecule has 2 heterocycles. The van der Waals surface area contributed by atoms with Gasteiger partial charge in [0.05, 0.1) is 7.11 Å². The summed E-state index contributed by atoms with van der Waals surface area (Å²) in [5.74, 6) is -0.698. The van der Waals surface area contributed by atoms with E-state index in [-0.39, 0.29) is 17.4 Å². The van der Waals surface area contributed by atoms with Crippen LogP contribution in [0.2, 0.25) is 0 Å². The van der Waals surface area contributed by atoms with Gasteiger partial charge in [-0.2, -0.15) is 0 Å². The first kappa shape index (κ1) is 16.9. The molecule has 0 saturated heterocycles. The first-order chi connectivity index (χ1) is 13.0. The highest BCUT2D eigenvalue weighted by atomic mass is 16.7. The molecule has 2 aliphatic rings. The summed E-state index contributed by atoms with van der Waals surface area (Å²) in [6.07, 6.45) is 1.66. The summed E-state index contributed by atoms with van der Waals surface area (Å²) in [6, 6.07) is 16.6. The number of nitrogens with zero attached hydrogens (tertiary/aromatic N) is 1. The minimum absolute atomic E-state index is 0.00789. The van der Waals surface area contributed by atoms with Gasteiger partial charge in [0, 0.05) is 23.9 Å². The highest BCUT2D eigenvalue weighted by Gasteiger charge is 2.57. The Morgan fingerprint density at radius 3 is 2.44 bits per heavy atom. The molecule has 0 radical (unpaired) electrons. The molecule has 0 aromatic heterocycles. The molecule has 6 nitrogen and oxygen atoms in total. The number of anilines is 1. The number of hydrogen-bond donors (Lipinski definition) is 1. The monoisotopic (exact) mass is 362 g/mol. The lowest BCUT2D eigenvalue weighted by molar-refractivity contribution is -0.123. The first-order valence-corrected chi connectivity index (χ1v) is 8.43. The Kier molecular flexibility index (Phi) is 3.77. The van der Waals surface area contributed by atoms with E-state index < -0.39 is 11.3 Å². The zero-order valence-corrected chi connectivity index (χ0v) is 14.9. The van der Waals surface area contributed by atoms with Gasteiger partial charge >= 0.3 is 0 Å². The van der Waals surface area contributed by atoms with Crippen molar-refractivity contribution in [2.45, 2.75) is 5.41 Å². The fourth-order valence-electron chi connectivity index (χ4n) is 3.76. The molecule has 2 aromatic rings. The predicted octanol–water partition coefficient (Wildman–Crippen LogP) is 2.32. The number of benzene rings is 2. The molecule has 1 unspecified atom stereocenters. The van der Waals surface area contributed by atoms with Crippen molar-refractivity contribution in [2.24, 2.45) is 5.73 Å². The number of para-hydroxylation sites is 1. The van der Waals surface area contributed by atoms with Gasteiger partial charge in [-0.3, -0.25) is 9.59 Å². The second-order valence-electron chi connectivity index (χ2n) is 6.40. The molecule has 6 heteroatoms. The van der Waals surface area contributed by atoms with Gasteiger partial charge in [0.2, 0.25) is 5.91 Å². The summed E-state index contributed by atoms with van der Waals surface area (Å²) in [6.45, 7) is 0. The number of ether oxygens (including phenoxy) is 2. The number of amides is 2. The molecule has 2 aliphatic heterocycles. The van der Waals surface area contributed by atoms with Gasteiger partial charge in [0.15, 0.2) is 0 Å². The van der Waals surface area contributed by atoms with Crippen LogP contribution in [0.1, 0.15) is 11.1 Å². The van der Waals surface area contributed by atoms with Crippen LogP contribution in [0.4, 0.5) is 5.69 Å². The van der Waals surface area contributed by atoms with Gasteiger partial charge < -0.3 is 20.1 Å². The van der Waals surface area contributed by atoms with Gasteiger partial charge in [0.1, 0.15) is 16.7 Å². The van der Waals surface area contributed by atoms with Crippen molar-refractivity contribution < 1.29 is 19.1 Å². The lowest BCUT2D eigenvalue weighted by Gasteiger charge is -2.32. The summed E-state index contributed by atoms with van der Waals surface area (Å²) in [7, 11) is 3.06. The summed E-state index contributed by atoms with van der Waals surface area (Å²) in [4.78, 5) is 27.3. The smallest absolute Gasteiger partial charge is 0.295 e. The quantitative estimate of drug-likeness (QED) is 0.908. The topological polar surface area (TPSA) is 81.9 Å². The Hall–Kier alpha value is -3.54. The number of nitrogens with two attached hydrogens (primary N) is 1. The van der Waals surface area contributed by atoms with Gasteiger partial charge in [-0.25, -0.2) is 0 Å². The van der Waals surface area contributed by atoms with E-state index in [9.17, 15) is 9.59 Å². The molecule has 1 atom stereocenters. The van der Waals surface area contributed by atoms with Crippen molar-refractivity contribution in [3.8, 4) is 0 Å². The molecule has 0 aliphatic carbocycles. The van der Waals surface area contributed by atoms with Gasteiger partial charge in [-0.15, -0.1) is 0 Å². The van der Waals surface area contributed by atoms with Crippen molar-refractivity contribution in [3.63, 3.8) is 0 Å². The average molecular weight is 362 g/mol. The molecule has 0 fully saturated rings. The maximum absolute atomic E-state index is 13.4. The second-order valence-corrected chi connectivity index (χ2v) is 6.40. The van der Waals surface area contributed by atoms with Crippen LogP contribution >= 0.6 is 0 Å². The SMILES string of the molecule is COC1=C(C(N)=O)C2(C=C(c3ccccc3)O1)C(=O)N(C)c1ccccc12. The number of carbonyl (C=O) groups excluding carboxylic acids is 2. The van der Waals surface area contributed by atoms with Gasteiger partial charge in [-0.05, 0) is 12.1 Å². The lowest BCUT2D eigenvalue weighted by Crippen LogP contribution is -2.45. The highest BCUT2D eigenvalue weighted by Crippen LogP contribution is 2.51. The number of primary amides is 1. The van der Waals surface area contributed by atoms with Crippen molar-refractivity contribution in [1.29, 1.82) is 0 Å². The van der Waals surface area contributed by atoms with E-state index in [1.54, 1.807) is 13.1 Å². The van der Waals surface area contributed by atoms with Crippen molar-refractivity contribution in [1.82, 2.24) is 0 Å². The van der Waals surface area contributed by atoms with E-state index in [1.165, 1.54) is 12.0 Å². The molecule has 1 spiro atoms. The maximum Gasteiger partial charge on any atom is 0.295 e. The summed E-state index contributed by atoms with van der Waals surface area (Å²) < 4.78 is 11.2. The third-order valence-corrected chi connectivity index (χ3v) is 4.97. The third kappa shape index (κ3) is 2.26. The number of likely N-dealkylation sites (N-methyl/N-ethyl adjacent to an activating group) is 1. The van der Waals surface area contributed by atoms with E-state index in [0.717, 1.165) is 5.56 Å². The Labute approximate surface area is 156 Å². The first-order valence-electron chi connectivity index (χ1n) is 8.43. The van der Waals surface area contributed by atoms with Crippen LogP contribution in [0.25, 0.3) is 5.76 Å². The number of rotatable bonds is 3. The largest absolute Gasteiger partial charge is 0.468 e. The number of carbonyl (C=O) groups is 2. The molecule has 0 bridgehead atoms. The number of hydrogen-bond acceptors (Lipinski definition) is 4. The second kappa shape index (κ2) is 6.02. The minimum atomic E-state index is -1.40. The van der Waals surface area contributed by atoms with Crippen LogP contribution in [0, 0.1) is 0 Å². The molecular weight excluding hydrogens is 344 g/mol. The van der Waals surface area contributed by atoms with Gasteiger partial charge in [-0.1, -0.05) is 48.5 Å². The number of fused-ring (bicyclic) bond motifs is 2. The van der Waals surface area contributed by atoms with Crippen LogP contribution in [-0.2, 0) is 24.5 Å². The van der Waals surface area contributed by atoms with E-state index in [4.69, 9.17) is 15.2 Å². The minimum Gasteiger partial charge on any atom is -0.468 e. The summed E-state index contributed by atoms with van der Waals surface area (Å²) >= 11 is 0. The zero-order valence-electron chi connectivity index (χ0n) is 14.9. The Balaban J connectivity index is 2.06. The Bertz CT molecular complexity index is 1010. The molecule has 4 rings (SSSR count). The molecule has 136 valence electrons. The molecule has 2 N–H and O–H groups in total. The van der Waals surface area contributed by atoms with Crippen LogP contribution in [0.5, 0.6) is 0 Å². The molecule has 27 heavy (non-hydrogen) atoms. The zero-order chi connectivity index (χ0) is 19.2. The van der Waals surface area contributed by atoms with Crippen molar-refractivity contribution in [3.05, 3.63) is 83.3 Å². The van der Waals surface area contributed by atoms with E-state index in [2.05, 4.69) is 0 Å². The normalized spacial score (nSPS) is 21.0. The Morgan fingerprint density at radius 2 is 1.78 bits per heavy atom. The van der Waals surface area contributed by atoms with E-state index in [1.807, 2.05) is 54.6 Å². The molecule has 2 amide bonds. The van der Waals surface area contributed by atoms with Crippen LogP contribution in [0.3, 0.4) is 0 Å². The fraction of sp³-hybridized carbons (Fsp3) is 0.143. The lowest BCUT2D eigenvalue weighted by atomic mass is 9.73. The number of methoxy groups -OCH3 is 1. The third-order valence-electron chi connectivity index (χ3n) is 4.97. The standard InChI is InChI=1S/C21H18N2O4/c1-23-15-11-7-6-10-14(15)21(20(23)25)12-16(13-8-4-3-5-9-13)27-19(26-2)17(21)18(22)24/h3-12H,1-2H3,(H2,22,24).